The van der Waals surface area contributed by atoms with Crippen molar-refractivity contribution in [2.24, 2.45) is 0 Å². The molecule has 1 heterocycles. The largest absolute Gasteiger partial charge is 0.507 e. The molecule has 2 aromatic carbocycles. The van der Waals surface area contributed by atoms with Crippen LogP contribution in [0.4, 0.5) is 5.69 Å². The molecule has 0 bridgehead atoms. The molecule has 1 saturated heterocycles. The predicted molar refractivity (Wildman–Crippen MR) is 96.9 cm³/mol. The summed E-state index contributed by atoms with van der Waals surface area (Å²) in [5, 5.41) is 22.1. The van der Waals surface area contributed by atoms with Gasteiger partial charge in [-0.2, -0.15) is 0 Å². The minimum atomic E-state index is -2.83. The lowest BCUT2D eigenvalue weighted by Crippen LogP contribution is -2.54. The molecule has 1 unspecified atom stereocenters. The van der Waals surface area contributed by atoms with Gasteiger partial charge < -0.3 is 14.9 Å². The number of esters is 1. The van der Waals surface area contributed by atoms with Crippen LogP contribution in [0.5, 0.6) is 0 Å². The topological polar surface area (TPSA) is 104 Å². The Hall–Kier alpha value is -3.16. The van der Waals surface area contributed by atoms with Crippen LogP contribution in [0.3, 0.4) is 0 Å². The van der Waals surface area contributed by atoms with Crippen LogP contribution in [0.1, 0.15) is 5.56 Å². The first-order chi connectivity index (χ1) is 12.8. The van der Waals surface area contributed by atoms with Gasteiger partial charge in [0.15, 0.2) is 0 Å². The van der Waals surface area contributed by atoms with E-state index in [2.05, 4.69) is 4.74 Å². The number of aliphatic hydroxyl groups excluding tert-OH is 1. The third-order valence-corrected chi connectivity index (χ3v) is 4.39. The second-order valence-electron chi connectivity index (χ2n) is 5.70. The zero-order chi connectivity index (χ0) is 19.8. The molecule has 0 saturated carbocycles. The normalized spacial score (nSPS) is 21.4. The molecule has 1 aliphatic heterocycles. The van der Waals surface area contributed by atoms with E-state index in [1.165, 1.54) is 36.4 Å². The van der Waals surface area contributed by atoms with E-state index in [4.69, 9.17) is 11.6 Å². The highest BCUT2D eigenvalue weighted by atomic mass is 35.5. The smallest absolute Gasteiger partial charge is 0.365 e. The zero-order valence-corrected chi connectivity index (χ0v) is 14.8. The van der Waals surface area contributed by atoms with Crippen LogP contribution in [-0.2, 0) is 19.1 Å². The molecule has 3 rings (SSSR count). The van der Waals surface area contributed by atoms with Crippen molar-refractivity contribution in [3.05, 3.63) is 70.8 Å². The fourth-order valence-electron chi connectivity index (χ4n) is 2.87. The molecule has 8 heteroatoms. The van der Waals surface area contributed by atoms with Gasteiger partial charge >= 0.3 is 11.9 Å². The van der Waals surface area contributed by atoms with Crippen LogP contribution in [0.15, 0.2) is 60.2 Å². The van der Waals surface area contributed by atoms with Crippen molar-refractivity contribution < 1.29 is 29.3 Å². The standard InChI is InChI=1S/C19H14ClNO6/c1-27-18(25)19(26)14(15(22)11-7-9-12(20)10-8-11)16(23)17(24)21(19)13-5-3-2-4-6-13/h2-10,22,26H,1H3. The van der Waals surface area contributed by atoms with E-state index in [1.54, 1.807) is 18.2 Å². The van der Waals surface area contributed by atoms with Crippen molar-refractivity contribution in [1.29, 1.82) is 0 Å². The van der Waals surface area contributed by atoms with E-state index < -0.39 is 34.7 Å². The molecule has 2 N–H and O–H groups in total. The summed E-state index contributed by atoms with van der Waals surface area (Å²) in [6.07, 6.45) is 0. The SMILES string of the molecule is COC(=O)C1(O)C(=C(O)c2ccc(Cl)cc2)C(=O)C(=O)N1c1ccccc1. The molecule has 0 aliphatic carbocycles. The maximum Gasteiger partial charge on any atom is 0.365 e. The Labute approximate surface area is 159 Å². The number of halogens is 1. The number of ketones is 1. The van der Waals surface area contributed by atoms with Gasteiger partial charge in [0, 0.05) is 16.3 Å². The Bertz CT molecular complexity index is 954. The molecule has 0 spiro atoms. The highest BCUT2D eigenvalue weighted by Crippen LogP contribution is 2.39. The molecule has 1 atom stereocenters. The minimum Gasteiger partial charge on any atom is -0.507 e. The maximum atomic E-state index is 12.6. The van der Waals surface area contributed by atoms with Crippen molar-refractivity contribution in [2.45, 2.75) is 5.72 Å². The number of aliphatic hydroxyl groups is 2. The monoisotopic (exact) mass is 387 g/mol. The Kier molecular flexibility index (Phi) is 4.73. The summed E-state index contributed by atoms with van der Waals surface area (Å²) in [5.41, 5.74) is -3.44. The Morgan fingerprint density at radius 1 is 1.07 bits per heavy atom. The number of rotatable bonds is 3. The number of hydrogen-bond acceptors (Lipinski definition) is 6. The lowest BCUT2D eigenvalue weighted by molar-refractivity contribution is -0.158. The van der Waals surface area contributed by atoms with Gasteiger partial charge in [-0.3, -0.25) is 14.5 Å². The lowest BCUT2D eigenvalue weighted by Gasteiger charge is -2.30. The minimum absolute atomic E-state index is 0.0858. The highest BCUT2D eigenvalue weighted by Gasteiger charge is 2.62. The number of ether oxygens (including phenoxy) is 1. The number of benzene rings is 2. The van der Waals surface area contributed by atoms with E-state index in [-0.39, 0.29) is 11.3 Å². The van der Waals surface area contributed by atoms with Gasteiger partial charge in [0.25, 0.3) is 11.5 Å². The Balaban J connectivity index is 2.28. The van der Waals surface area contributed by atoms with Gasteiger partial charge in [-0.25, -0.2) is 4.79 Å². The zero-order valence-electron chi connectivity index (χ0n) is 14.0. The third-order valence-electron chi connectivity index (χ3n) is 4.14. The number of nitrogens with zero attached hydrogens (tertiary/aromatic N) is 1. The summed E-state index contributed by atoms with van der Waals surface area (Å²) in [4.78, 5) is 38.2. The second-order valence-corrected chi connectivity index (χ2v) is 6.14. The maximum absolute atomic E-state index is 12.6. The van der Waals surface area contributed by atoms with Crippen LogP contribution in [0, 0.1) is 0 Å². The number of methoxy groups -OCH3 is 1. The van der Waals surface area contributed by atoms with Gasteiger partial charge in [-0.05, 0) is 36.4 Å². The molecule has 1 fully saturated rings. The number of hydrogen-bond donors (Lipinski definition) is 2. The molecule has 0 radical (unpaired) electrons. The van der Waals surface area contributed by atoms with Crippen LogP contribution < -0.4 is 4.90 Å². The van der Waals surface area contributed by atoms with Gasteiger partial charge in [0.1, 0.15) is 11.3 Å². The molecule has 0 aromatic heterocycles. The van der Waals surface area contributed by atoms with Gasteiger partial charge in [0.05, 0.1) is 7.11 Å². The van der Waals surface area contributed by atoms with E-state index in [1.807, 2.05) is 0 Å². The quantitative estimate of drug-likeness (QED) is 0.361. The summed E-state index contributed by atoms with van der Waals surface area (Å²) in [6.45, 7) is 0. The summed E-state index contributed by atoms with van der Waals surface area (Å²) >= 11 is 5.81. The van der Waals surface area contributed by atoms with Crippen LogP contribution in [0.2, 0.25) is 5.02 Å². The fourth-order valence-corrected chi connectivity index (χ4v) is 2.99. The molecular formula is C19H14ClNO6. The number of carbonyl (C=O) groups excluding carboxylic acids is 3. The van der Waals surface area contributed by atoms with E-state index >= 15 is 0 Å². The van der Waals surface area contributed by atoms with E-state index in [0.29, 0.717) is 9.92 Å². The summed E-state index contributed by atoms with van der Waals surface area (Å²) in [7, 11) is 0.994. The summed E-state index contributed by atoms with van der Waals surface area (Å²) in [6, 6.07) is 13.3. The number of anilines is 1. The Morgan fingerprint density at radius 3 is 2.22 bits per heavy atom. The third kappa shape index (κ3) is 2.87. The first kappa shape index (κ1) is 18.6. The number of Topliss-reactive ketones (excluding diaryl/α,β-unsaturated/α-hetero) is 1. The second kappa shape index (κ2) is 6.86. The van der Waals surface area contributed by atoms with E-state index in [0.717, 1.165) is 7.11 Å². The molecule has 1 aliphatic rings. The van der Waals surface area contributed by atoms with E-state index in [9.17, 15) is 24.6 Å². The number of para-hydroxylation sites is 1. The molecular weight excluding hydrogens is 374 g/mol. The molecule has 138 valence electrons. The van der Waals surface area contributed by atoms with Gasteiger partial charge in [-0.1, -0.05) is 29.8 Å². The van der Waals surface area contributed by atoms with Crippen molar-refractivity contribution in [3.8, 4) is 0 Å². The molecule has 2 aromatic rings. The van der Waals surface area contributed by atoms with Crippen molar-refractivity contribution in [2.75, 3.05) is 12.0 Å². The van der Waals surface area contributed by atoms with Crippen LogP contribution in [0.25, 0.3) is 5.76 Å². The average molecular weight is 388 g/mol. The molecule has 27 heavy (non-hydrogen) atoms. The highest BCUT2D eigenvalue weighted by molar-refractivity contribution is 6.54. The predicted octanol–water partition coefficient (Wildman–Crippen LogP) is 2.09. The Morgan fingerprint density at radius 2 is 1.67 bits per heavy atom. The fraction of sp³-hybridized carbons (Fsp3) is 0.105. The molecule has 1 amide bonds. The summed E-state index contributed by atoms with van der Waals surface area (Å²) in [5.74, 6) is -4.42. The van der Waals surface area contributed by atoms with Crippen LogP contribution >= 0.6 is 11.6 Å². The van der Waals surface area contributed by atoms with Crippen LogP contribution in [-0.4, -0.2) is 40.7 Å². The average Bonchev–Trinajstić information content (AvgIpc) is 2.88. The van der Waals surface area contributed by atoms with Gasteiger partial charge in [0.2, 0.25) is 0 Å². The van der Waals surface area contributed by atoms with Crippen molar-refractivity contribution in [1.82, 2.24) is 0 Å². The first-order valence-electron chi connectivity index (χ1n) is 7.76. The lowest BCUT2D eigenvalue weighted by atomic mass is 9.97. The molecule has 7 nitrogen and oxygen atoms in total. The first-order valence-corrected chi connectivity index (χ1v) is 8.14. The van der Waals surface area contributed by atoms with Gasteiger partial charge in [-0.15, -0.1) is 0 Å². The number of carbonyl (C=O) groups is 3. The summed E-state index contributed by atoms with van der Waals surface area (Å²) < 4.78 is 4.62. The van der Waals surface area contributed by atoms with Crippen molar-refractivity contribution >= 4 is 40.7 Å². The van der Waals surface area contributed by atoms with Crippen molar-refractivity contribution in [3.63, 3.8) is 0 Å². The number of amides is 1.